The third-order valence-corrected chi connectivity index (χ3v) is 6.65. The molecule has 3 aromatic rings. The van der Waals surface area contributed by atoms with Crippen molar-refractivity contribution in [1.82, 2.24) is 9.97 Å². The molecule has 0 fully saturated rings. The van der Waals surface area contributed by atoms with Gasteiger partial charge in [0, 0.05) is 22.0 Å². The summed E-state index contributed by atoms with van der Waals surface area (Å²) in [5, 5.41) is 4.94. The average Bonchev–Trinajstić information content (AvgIpc) is 3.34. The topological polar surface area (TPSA) is 73.3 Å². The number of thiophene rings is 1. The molecule has 0 unspecified atom stereocenters. The molecule has 26 heavy (non-hydrogen) atoms. The van der Waals surface area contributed by atoms with Crippen LogP contribution in [0, 0.1) is 0 Å². The van der Waals surface area contributed by atoms with E-state index in [1.54, 1.807) is 29.8 Å². The normalized spacial score (nSPS) is 14.6. The number of amides is 1. The first-order valence-corrected chi connectivity index (χ1v) is 10.2. The molecule has 3 heterocycles. The molecule has 0 saturated heterocycles. The second-order valence-corrected chi connectivity index (χ2v) is 8.17. The van der Waals surface area contributed by atoms with E-state index in [0.29, 0.717) is 22.9 Å². The summed E-state index contributed by atoms with van der Waals surface area (Å²) in [4.78, 5) is 23.6. The van der Waals surface area contributed by atoms with E-state index in [0.717, 1.165) is 28.1 Å². The predicted molar refractivity (Wildman–Crippen MR) is 101 cm³/mol. The highest BCUT2D eigenvalue weighted by molar-refractivity contribution is 8.00. The third-order valence-electron chi connectivity index (χ3n) is 4.46. The molecular formula is C18H15N3O3S2. The number of rotatable bonds is 4. The summed E-state index contributed by atoms with van der Waals surface area (Å²) >= 11 is 3.22. The second-order valence-electron chi connectivity index (χ2n) is 6.12. The maximum absolute atomic E-state index is 12.3. The van der Waals surface area contributed by atoms with Gasteiger partial charge in [-0.3, -0.25) is 4.79 Å². The number of aromatic nitrogens is 2. The van der Waals surface area contributed by atoms with Gasteiger partial charge in [0.05, 0.1) is 5.75 Å². The smallest absolute Gasteiger partial charge is 0.234 e. The van der Waals surface area contributed by atoms with Gasteiger partial charge in [-0.05, 0) is 37.0 Å². The summed E-state index contributed by atoms with van der Waals surface area (Å²) < 4.78 is 10.6. The van der Waals surface area contributed by atoms with Crippen LogP contribution in [0.2, 0.25) is 0 Å². The van der Waals surface area contributed by atoms with E-state index in [1.165, 1.54) is 28.6 Å². The molecular weight excluding hydrogens is 370 g/mol. The third kappa shape index (κ3) is 2.79. The lowest BCUT2D eigenvalue weighted by Crippen LogP contribution is -2.14. The molecule has 1 aromatic carbocycles. The van der Waals surface area contributed by atoms with Gasteiger partial charge in [0.2, 0.25) is 12.7 Å². The summed E-state index contributed by atoms with van der Waals surface area (Å²) in [6, 6.07) is 5.39. The first kappa shape index (κ1) is 15.9. The summed E-state index contributed by atoms with van der Waals surface area (Å²) in [7, 11) is 0. The van der Waals surface area contributed by atoms with Crippen LogP contribution in [0.15, 0.2) is 29.6 Å². The van der Waals surface area contributed by atoms with Crippen LogP contribution in [0.25, 0.3) is 10.2 Å². The first-order chi connectivity index (χ1) is 12.8. The van der Waals surface area contributed by atoms with Crippen LogP contribution < -0.4 is 14.8 Å². The first-order valence-electron chi connectivity index (χ1n) is 8.35. The van der Waals surface area contributed by atoms with Gasteiger partial charge in [0.25, 0.3) is 0 Å². The van der Waals surface area contributed by atoms with Crippen molar-refractivity contribution < 1.29 is 14.3 Å². The largest absolute Gasteiger partial charge is 0.454 e. The molecule has 8 heteroatoms. The zero-order valence-electron chi connectivity index (χ0n) is 13.8. The highest BCUT2D eigenvalue weighted by atomic mass is 32.2. The van der Waals surface area contributed by atoms with Gasteiger partial charge in [-0.2, -0.15) is 0 Å². The van der Waals surface area contributed by atoms with Crippen LogP contribution in [-0.4, -0.2) is 28.4 Å². The Bertz CT molecular complexity index is 1020. The molecule has 0 saturated carbocycles. The number of thioether (sulfide) groups is 1. The number of fused-ring (bicyclic) bond motifs is 4. The Balaban J connectivity index is 1.30. The van der Waals surface area contributed by atoms with Gasteiger partial charge in [0.15, 0.2) is 11.5 Å². The van der Waals surface area contributed by atoms with Crippen molar-refractivity contribution in [3.63, 3.8) is 0 Å². The minimum absolute atomic E-state index is 0.0764. The zero-order valence-corrected chi connectivity index (χ0v) is 15.4. The molecule has 0 radical (unpaired) electrons. The van der Waals surface area contributed by atoms with Crippen LogP contribution in [0.1, 0.15) is 16.9 Å². The van der Waals surface area contributed by atoms with E-state index in [2.05, 4.69) is 15.3 Å². The number of hydrogen-bond donors (Lipinski definition) is 1. The second kappa shape index (κ2) is 6.44. The Labute approximate surface area is 157 Å². The zero-order chi connectivity index (χ0) is 17.5. The fourth-order valence-electron chi connectivity index (χ4n) is 3.31. The number of aryl methyl sites for hydroxylation is 2. The van der Waals surface area contributed by atoms with Crippen molar-refractivity contribution in [2.75, 3.05) is 17.9 Å². The lowest BCUT2D eigenvalue weighted by atomic mass is 10.2. The van der Waals surface area contributed by atoms with Crippen LogP contribution in [0.5, 0.6) is 11.5 Å². The van der Waals surface area contributed by atoms with Crippen LogP contribution in [0.3, 0.4) is 0 Å². The fraction of sp³-hybridized carbons (Fsp3) is 0.278. The number of carbonyl (C=O) groups is 1. The maximum atomic E-state index is 12.3. The van der Waals surface area contributed by atoms with Crippen LogP contribution >= 0.6 is 23.1 Å². The molecule has 0 atom stereocenters. The van der Waals surface area contributed by atoms with Gasteiger partial charge in [-0.1, -0.05) is 11.8 Å². The molecule has 0 bridgehead atoms. The molecule has 132 valence electrons. The van der Waals surface area contributed by atoms with Gasteiger partial charge < -0.3 is 14.8 Å². The molecule has 6 nitrogen and oxygen atoms in total. The molecule has 1 aliphatic heterocycles. The summed E-state index contributed by atoms with van der Waals surface area (Å²) in [5.74, 6) is 1.58. The Kier molecular flexibility index (Phi) is 3.94. The molecule has 2 aromatic heterocycles. The lowest BCUT2D eigenvalue weighted by Gasteiger charge is -2.07. The highest BCUT2D eigenvalue weighted by Crippen LogP contribution is 2.40. The summed E-state index contributed by atoms with van der Waals surface area (Å²) in [5.41, 5.74) is 2.08. The Morgan fingerprint density at radius 1 is 1.23 bits per heavy atom. The van der Waals surface area contributed by atoms with Crippen molar-refractivity contribution in [2.45, 2.75) is 24.3 Å². The van der Waals surface area contributed by atoms with Crippen LogP contribution in [0.4, 0.5) is 5.69 Å². The van der Waals surface area contributed by atoms with E-state index >= 15 is 0 Å². The minimum atomic E-state index is -0.0764. The Hall–Kier alpha value is -2.32. The SMILES string of the molecule is O=C(CSc1ncnc2sc3c(c12)CCC3)Nc1ccc2c(c1)OCO2. The predicted octanol–water partition coefficient (Wildman–Crippen LogP) is 3.64. The molecule has 1 N–H and O–H groups in total. The number of carbonyl (C=O) groups excluding carboxylic acids is 1. The molecule has 0 spiro atoms. The number of hydrogen-bond acceptors (Lipinski definition) is 7. The van der Waals surface area contributed by atoms with Crippen molar-refractivity contribution in [2.24, 2.45) is 0 Å². The average molecular weight is 385 g/mol. The molecule has 1 amide bonds. The van der Waals surface area contributed by atoms with Crippen molar-refractivity contribution >= 4 is 44.9 Å². The number of ether oxygens (including phenoxy) is 2. The Morgan fingerprint density at radius 2 is 2.15 bits per heavy atom. The summed E-state index contributed by atoms with van der Waals surface area (Å²) in [6.07, 6.45) is 5.00. The van der Waals surface area contributed by atoms with E-state index in [4.69, 9.17) is 9.47 Å². The quantitative estimate of drug-likeness (QED) is 0.546. The highest BCUT2D eigenvalue weighted by Gasteiger charge is 2.21. The Morgan fingerprint density at radius 3 is 3.12 bits per heavy atom. The van der Waals surface area contributed by atoms with Crippen molar-refractivity contribution in [1.29, 1.82) is 0 Å². The molecule has 5 rings (SSSR count). The van der Waals surface area contributed by atoms with Crippen LogP contribution in [-0.2, 0) is 17.6 Å². The number of nitrogens with zero attached hydrogens (tertiary/aromatic N) is 2. The maximum Gasteiger partial charge on any atom is 0.234 e. The van der Waals surface area contributed by atoms with E-state index in [1.807, 2.05) is 6.07 Å². The minimum Gasteiger partial charge on any atom is -0.454 e. The van der Waals surface area contributed by atoms with Gasteiger partial charge in [-0.25, -0.2) is 9.97 Å². The lowest BCUT2D eigenvalue weighted by molar-refractivity contribution is -0.113. The van der Waals surface area contributed by atoms with Crippen molar-refractivity contribution in [3.8, 4) is 11.5 Å². The number of nitrogens with one attached hydrogen (secondary N) is 1. The number of benzene rings is 1. The van der Waals surface area contributed by atoms with Gasteiger partial charge >= 0.3 is 0 Å². The standard InChI is InChI=1S/C18H15N3O3S2/c22-15(21-10-4-5-12-13(6-10)24-9-23-12)7-25-17-16-11-2-1-3-14(11)26-18(16)20-8-19-17/h4-6,8H,1-3,7,9H2,(H,21,22). The number of anilines is 1. The van der Waals surface area contributed by atoms with E-state index in [9.17, 15) is 4.79 Å². The monoisotopic (exact) mass is 385 g/mol. The fourth-order valence-corrected chi connectivity index (χ4v) is 5.43. The molecule has 1 aliphatic carbocycles. The van der Waals surface area contributed by atoms with Gasteiger partial charge in [-0.15, -0.1) is 11.3 Å². The van der Waals surface area contributed by atoms with Crippen molar-refractivity contribution in [3.05, 3.63) is 35.0 Å². The van der Waals surface area contributed by atoms with Gasteiger partial charge in [0.1, 0.15) is 16.2 Å². The summed E-state index contributed by atoms with van der Waals surface area (Å²) in [6.45, 7) is 0.220. The molecule has 2 aliphatic rings. The van der Waals surface area contributed by atoms with E-state index in [-0.39, 0.29) is 12.7 Å². The van der Waals surface area contributed by atoms with E-state index < -0.39 is 0 Å².